The van der Waals surface area contributed by atoms with Gasteiger partial charge in [-0.1, -0.05) is 0 Å². The number of aromatic nitrogens is 1. The monoisotopic (exact) mass is 315 g/mol. The van der Waals surface area contributed by atoms with Crippen LogP contribution in [0.2, 0.25) is 0 Å². The van der Waals surface area contributed by atoms with Crippen molar-refractivity contribution in [3.05, 3.63) is 16.6 Å². The fourth-order valence-electron chi connectivity index (χ4n) is 2.04. The first-order valence-electron chi connectivity index (χ1n) is 6.89. The molecule has 0 bridgehead atoms. The van der Waals surface area contributed by atoms with Crippen LogP contribution in [0.3, 0.4) is 0 Å². The molecule has 118 valence electrons. The van der Waals surface area contributed by atoms with E-state index in [1.165, 1.54) is 0 Å². The molecule has 0 aliphatic carbocycles. The Balaban J connectivity index is 1.76. The van der Waals surface area contributed by atoms with Crippen LogP contribution in [-0.4, -0.2) is 56.6 Å². The second-order valence-electron chi connectivity index (χ2n) is 4.69. The van der Waals surface area contributed by atoms with Gasteiger partial charge in [0.2, 0.25) is 0 Å². The molecule has 21 heavy (non-hydrogen) atoms. The van der Waals surface area contributed by atoms with Crippen molar-refractivity contribution in [2.45, 2.75) is 25.2 Å². The minimum absolute atomic E-state index is 0.0615. The van der Waals surface area contributed by atoms with Gasteiger partial charge in [0.05, 0.1) is 43.2 Å². The summed E-state index contributed by atoms with van der Waals surface area (Å²) in [6, 6.07) is -0.385. The molecule has 1 aliphatic heterocycles. The molecule has 0 unspecified atom stereocenters. The fraction of sp³-hybridized carbons (Fsp3) is 0.692. The predicted molar refractivity (Wildman–Crippen MR) is 78.3 cm³/mol. The minimum Gasteiger partial charge on any atom is -0.383 e. The predicted octanol–water partition coefficient (Wildman–Crippen LogP) is 0.763. The molecule has 1 aliphatic rings. The van der Waals surface area contributed by atoms with E-state index in [1.54, 1.807) is 24.0 Å². The summed E-state index contributed by atoms with van der Waals surface area (Å²) in [5.41, 5.74) is 2.69. The topological polar surface area (TPSA) is 81.7 Å². The van der Waals surface area contributed by atoms with Crippen LogP contribution < -0.4 is 10.6 Å². The summed E-state index contributed by atoms with van der Waals surface area (Å²) < 4.78 is 16.2. The average Bonchev–Trinajstić information content (AvgIpc) is 3.00. The number of hydrogen-bond donors (Lipinski definition) is 2. The maximum atomic E-state index is 11.8. The third-order valence-electron chi connectivity index (χ3n) is 3.13. The lowest BCUT2D eigenvalue weighted by molar-refractivity contribution is -0.0602. The smallest absolute Gasteiger partial charge is 0.315 e. The van der Waals surface area contributed by atoms with Gasteiger partial charge in [0.15, 0.2) is 0 Å². The number of thiazole rings is 1. The second kappa shape index (κ2) is 8.93. The van der Waals surface area contributed by atoms with Crippen LogP contribution in [0, 0.1) is 0 Å². The third-order valence-corrected chi connectivity index (χ3v) is 3.77. The number of amides is 2. The summed E-state index contributed by atoms with van der Waals surface area (Å²) in [4.78, 5) is 16.0. The molecule has 0 aromatic carbocycles. The summed E-state index contributed by atoms with van der Waals surface area (Å²) in [5.74, 6) is 0. The molecule has 2 amide bonds. The number of ether oxygens (including phenoxy) is 3. The maximum absolute atomic E-state index is 11.8. The van der Waals surface area contributed by atoms with Gasteiger partial charge in [0.25, 0.3) is 0 Å². The standard InChI is InChI=1S/C13H21N3O4S/c1-18-5-3-14-13(17)16-11-7-19-4-2-12(11)20-6-10-8-21-9-15-10/h8-9,11-12H,2-7H2,1H3,(H2,14,16,17)/t11-,12+/m1/s1. The first-order chi connectivity index (χ1) is 10.3. The molecule has 7 nitrogen and oxygen atoms in total. The Morgan fingerprint density at radius 3 is 3.29 bits per heavy atom. The van der Waals surface area contributed by atoms with Crippen molar-refractivity contribution in [3.63, 3.8) is 0 Å². The summed E-state index contributed by atoms with van der Waals surface area (Å²) >= 11 is 1.54. The van der Waals surface area contributed by atoms with Gasteiger partial charge < -0.3 is 24.8 Å². The van der Waals surface area contributed by atoms with Gasteiger partial charge in [-0.3, -0.25) is 0 Å². The Kier molecular flexibility index (Phi) is 6.87. The SMILES string of the molecule is COCCNC(=O)N[C@@H]1COCC[C@@H]1OCc1cscn1. The first-order valence-corrected chi connectivity index (χ1v) is 7.83. The maximum Gasteiger partial charge on any atom is 0.315 e. The fourth-order valence-corrected chi connectivity index (χ4v) is 2.58. The highest BCUT2D eigenvalue weighted by molar-refractivity contribution is 7.07. The van der Waals surface area contributed by atoms with Gasteiger partial charge in [-0.15, -0.1) is 11.3 Å². The molecule has 0 saturated carbocycles. The number of hydrogen-bond acceptors (Lipinski definition) is 6. The van der Waals surface area contributed by atoms with Gasteiger partial charge in [-0.25, -0.2) is 9.78 Å². The van der Waals surface area contributed by atoms with E-state index in [4.69, 9.17) is 14.2 Å². The van der Waals surface area contributed by atoms with E-state index in [2.05, 4.69) is 15.6 Å². The molecule has 1 aromatic heterocycles. The molecular formula is C13H21N3O4S. The summed E-state index contributed by atoms with van der Waals surface area (Å²) in [5, 5.41) is 7.57. The molecule has 2 atom stereocenters. The molecule has 0 spiro atoms. The normalized spacial score (nSPS) is 22.0. The highest BCUT2D eigenvalue weighted by Crippen LogP contribution is 2.14. The van der Waals surface area contributed by atoms with Crippen molar-refractivity contribution in [2.24, 2.45) is 0 Å². The Morgan fingerprint density at radius 1 is 1.62 bits per heavy atom. The van der Waals surface area contributed by atoms with Crippen LogP contribution in [-0.2, 0) is 20.8 Å². The van der Waals surface area contributed by atoms with E-state index >= 15 is 0 Å². The molecule has 0 radical (unpaired) electrons. The Bertz CT molecular complexity index is 416. The van der Waals surface area contributed by atoms with Crippen LogP contribution in [0.5, 0.6) is 0 Å². The molecule has 1 fully saturated rings. The number of carbonyl (C=O) groups is 1. The van der Waals surface area contributed by atoms with Crippen molar-refractivity contribution in [3.8, 4) is 0 Å². The van der Waals surface area contributed by atoms with Gasteiger partial charge in [-0.05, 0) is 6.42 Å². The van der Waals surface area contributed by atoms with E-state index < -0.39 is 0 Å². The highest BCUT2D eigenvalue weighted by atomic mass is 32.1. The van der Waals surface area contributed by atoms with Crippen molar-refractivity contribution < 1.29 is 19.0 Å². The number of rotatable bonds is 7. The lowest BCUT2D eigenvalue weighted by atomic mass is 10.1. The van der Waals surface area contributed by atoms with E-state index in [0.29, 0.717) is 33.0 Å². The number of urea groups is 1. The molecule has 2 rings (SSSR count). The zero-order valence-electron chi connectivity index (χ0n) is 12.0. The van der Waals surface area contributed by atoms with Crippen LogP contribution in [0.15, 0.2) is 10.9 Å². The van der Waals surface area contributed by atoms with Crippen molar-refractivity contribution >= 4 is 17.4 Å². The highest BCUT2D eigenvalue weighted by Gasteiger charge is 2.28. The van der Waals surface area contributed by atoms with Gasteiger partial charge in [0.1, 0.15) is 0 Å². The van der Waals surface area contributed by atoms with E-state index in [9.17, 15) is 4.79 Å². The van der Waals surface area contributed by atoms with Crippen LogP contribution in [0.25, 0.3) is 0 Å². The molecular weight excluding hydrogens is 294 g/mol. The van der Waals surface area contributed by atoms with E-state index in [1.807, 2.05) is 5.38 Å². The number of nitrogens with zero attached hydrogens (tertiary/aromatic N) is 1. The largest absolute Gasteiger partial charge is 0.383 e. The van der Waals surface area contributed by atoms with Gasteiger partial charge in [0, 0.05) is 25.6 Å². The Labute approximate surface area is 128 Å². The zero-order valence-corrected chi connectivity index (χ0v) is 12.9. The van der Waals surface area contributed by atoms with Crippen molar-refractivity contribution in [1.82, 2.24) is 15.6 Å². The second-order valence-corrected chi connectivity index (χ2v) is 5.41. The third kappa shape index (κ3) is 5.58. The first kappa shape index (κ1) is 16.2. The van der Waals surface area contributed by atoms with E-state index in [-0.39, 0.29) is 18.2 Å². The van der Waals surface area contributed by atoms with E-state index in [0.717, 1.165) is 12.1 Å². The van der Waals surface area contributed by atoms with Crippen LogP contribution >= 0.6 is 11.3 Å². The zero-order chi connectivity index (χ0) is 14.9. The summed E-state index contributed by atoms with van der Waals surface area (Å²) in [7, 11) is 1.59. The van der Waals surface area contributed by atoms with Crippen molar-refractivity contribution in [1.29, 1.82) is 0 Å². The lowest BCUT2D eigenvalue weighted by Gasteiger charge is -2.31. The Hall–Kier alpha value is -1.22. The van der Waals surface area contributed by atoms with Gasteiger partial charge in [-0.2, -0.15) is 0 Å². The lowest BCUT2D eigenvalue weighted by Crippen LogP contribution is -2.53. The molecule has 8 heteroatoms. The minimum atomic E-state index is -0.232. The Morgan fingerprint density at radius 2 is 2.52 bits per heavy atom. The molecule has 1 saturated heterocycles. The number of nitrogens with one attached hydrogen (secondary N) is 2. The average molecular weight is 315 g/mol. The van der Waals surface area contributed by atoms with Gasteiger partial charge >= 0.3 is 6.03 Å². The summed E-state index contributed by atoms with van der Waals surface area (Å²) in [6.07, 6.45) is 0.696. The molecule has 2 N–H and O–H groups in total. The number of carbonyl (C=O) groups excluding carboxylic acids is 1. The summed E-state index contributed by atoms with van der Waals surface area (Å²) in [6.45, 7) is 2.51. The van der Waals surface area contributed by atoms with Crippen LogP contribution in [0.4, 0.5) is 4.79 Å². The van der Waals surface area contributed by atoms with Crippen LogP contribution in [0.1, 0.15) is 12.1 Å². The van der Waals surface area contributed by atoms with Crippen molar-refractivity contribution in [2.75, 3.05) is 33.5 Å². The quantitative estimate of drug-likeness (QED) is 0.726. The number of methoxy groups -OCH3 is 1. The molecule has 2 heterocycles. The molecule has 1 aromatic rings.